The van der Waals surface area contributed by atoms with Crippen LogP contribution in [0.15, 0.2) is 12.7 Å². The molecule has 9 unspecified atom stereocenters. The first-order valence-corrected chi connectivity index (χ1v) is 9.72. The van der Waals surface area contributed by atoms with Crippen LogP contribution in [-0.4, -0.2) is 0 Å². The molecule has 0 aliphatic heterocycles. The average molecular weight is 287 g/mol. The Morgan fingerprint density at radius 2 is 1.62 bits per heavy atom. The molecule has 0 aromatic rings. The van der Waals surface area contributed by atoms with E-state index in [1.165, 1.54) is 19.3 Å². The largest absolute Gasteiger partial charge is 0.103 e. The first kappa shape index (κ1) is 14.3. The van der Waals surface area contributed by atoms with E-state index in [4.69, 9.17) is 0 Å². The molecule has 0 heteroatoms. The van der Waals surface area contributed by atoms with Crippen LogP contribution in [0.2, 0.25) is 0 Å². The SMILES string of the molecule is C=CC1C2CCC3CC4CC(C)C1CC(C3C2)C4C(C)C. The summed E-state index contributed by atoms with van der Waals surface area (Å²) in [6, 6.07) is 0. The molecule has 0 aromatic carbocycles. The van der Waals surface area contributed by atoms with Crippen LogP contribution in [-0.2, 0) is 0 Å². The Hall–Kier alpha value is -0.260. The van der Waals surface area contributed by atoms with Crippen molar-refractivity contribution < 1.29 is 0 Å². The lowest BCUT2D eigenvalue weighted by Gasteiger charge is -2.51. The highest BCUT2D eigenvalue weighted by Crippen LogP contribution is 2.62. The second-order valence-corrected chi connectivity index (χ2v) is 9.40. The molecular weight excluding hydrogens is 252 g/mol. The fraction of sp³-hybridized carbons (Fsp3) is 0.905. The third-order valence-electron chi connectivity index (χ3n) is 8.31. The maximum atomic E-state index is 4.27. The highest BCUT2D eigenvalue weighted by molar-refractivity contribution is 5.06. The van der Waals surface area contributed by atoms with Gasteiger partial charge in [0.15, 0.2) is 0 Å². The van der Waals surface area contributed by atoms with E-state index in [2.05, 4.69) is 33.4 Å². The minimum atomic E-state index is 0.832. The Bertz CT molecular complexity index is 408. The molecule has 118 valence electrons. The third kappa shape index (κ3) is 2.07. The molecule has 0 nitrogen and oxygen atoms in total. The van der Waals surface area contributed by atoms with E-state index in [9.17, 15) is 0 Å². The number of fused-ring (bicyclic) bond motifs is 3. The summed E-state index contributed by atoms with van der Waals surface area (Å²) in [4.78, 5) is 0. The predicted molar refractivity (Wildman–Crippen MR) is 89.8 cm³/mol. The van der Waals surface area contributed by atoms with Crippen LogP contribution in [0.25, 0.3) is 0 Å². The summed E-state index contributed by atoms with van der Waals surface area (Å²) in [6.07, 6.45) is 11.6. The molecular formula is C21H34. The molecule has 4 fully saturated rings. The van der Waals surface area contributed by atoms with Gasteiger partial charge in [-0.05, 0) is 97.7 Å². The third-order valence-corrected chi connectivity index (χ3v) is 8.31. The van der Waals surface area contributed by atoms with Gasteiger partial charge in [0.2, 0.25) is 0 Å². The number of hydrogen-bond donors (Lipinski definition) is 0. The Kier molecular flexibility index (Phi) is 3.51. The molecule has 4 rings (SSSR count). The lowest BCUT2D eigenvalue weighted by Crippen LogP contribution is -2.44. The molecule has 0 radical (unpaired) electrons. The molecule has 0 saturated heterocycles. The minimum Gasteiger partial charge on any atom is -0.103 e. The molecule has 4 aliphatic carbocycles. The molecule has 9 atom stereocenters. The zero-order valence-corrected chi connectivity index (χ0v) is 14.3. The van der Waals surface area contributed by atoms with Crippen LogP contribution in [0, 0.1) is 59.2 Å². The molecule has 0 N–H and O–H groups in total. The molecule has 0 aromatic heterocycles. The van der Waals surface area contributed by atoms with Gasteiger partial charge in [0, 0.05) is 0 Å². The Balaban J connectivity index is 1.79. The fourth-order valence-corrected chi connectivity index (χ4v) is 7.73. The van der Waals surface area contributed by atoms with Crippen molar-refractivity contribution in [2.24, 2.45) is 59.2 Å². The van der Waals surface area contributed by atoms with Crippen LogP contribution in [0.5, 0.6) is 0 Å². The maximum absolute atomic E-state index is 4.27. The zero-order valence-electron chi connectivity index (χ0n) is 14.3. The van der Waals surface area contributed by atoms with Crippen LogP contribution in [0.4, 0.5) is 0 Å². The summed E-state index contributed by atoms with van der Waals surface area (Å²) in [6.45, 7) is 11.9. The number of hydrogen-bond acceptors (Lipinski definition) is 0. The van der Waals surface area contributed by atoms with Gasteiger partial charge in [-0.25, -0.2) is 0 Å². The van der Waals surface area contributed by atoms with E-state index in [1.54, 1.807) is 19.3 Å². The first-order chi connectivity index (χ1) is 10.1. The van der Waals surface area contributed by atoms with Gasteiger partial charge in [-0.1, -0.05) is 26.8 Å². The summed E-state index contributed by atoms with van der Waals surface area (Å²) in [5, 5.41) is 0. The first-order valence-electron chi connectivity index (χ1n) is 9.72. The van der Waals surface area contributed by atoms with E-state index in [1.807, 2.05) is 0 Å². The molecule has 5 bridgehead atoms. The summed E-state index contributed by atoms with van der Waals surface area (Å²) in [7, 11) is 0. The molecule has 4 aliphatic rings. The number of allylic oxidation sites excluding steroid dienone is 1. The predicted octanol–water partition coefficient (Wildman–Crippen LogP) is 5.79. The monoisotopic (exact) mass is 286 g/mol. The van der Waals surface area contributed by atoms with E-state index < -0.39 is 0 Å². The average Bonchev–Trinajstić information content (AvgIpc) is 2.66. The van der Waals surface area contributed by atoms with Crippen molar-refractivity contribution in [1.29, 1.82) is 0 Å². The lowest BCUT2D eigenvalue weighted by atomic mass is 9.54. The Morgan fingerprint density at radius 1 is 0.857 bits per heavy atom. The summed E-state index contributed by atoms with van der Waals surface area (Å²) < 4.78 is 0. The van der Waals surface area contributed by atoms with Crippen molar-refractivity contribution in [3.05, 3.63) is 12.7 Å². The standard InChI is InChI=1S/C21H34/c1-5-17-15-7-6-14-9-16-8-13(4)18(17)11-20(19(14)10-15)21(16)12(2)3/h5,12-21H,1,6-11H2,2-4H3. The van der Waals surface area contributed by atoms with Gasteiger partial charge >= 0.3 is 0 Å². The van der Waals surface area contributed by atoms with Crippen LogP contribution in [0.3, 0.4) is 0 Å². The minimum absolute atomic E-state index is 0.832. The second kappa shape index (κ2) is 5.14. The smallest absolute Gasteiger partial charge is 0.0177 e. The Morgan fingerprint density at radius 3 is 2.33 bits per heavy atom. The van der Waals surface area contributed by atoms with Crippen molar-refractivity contribution >= 4 is 0 Å². The Labute approximate surface area is 131 Å². The van der Waals surface area contributed by atoms with E-state index >= 15 is 0 Å². The zero-order chi connectivity index (χ0) is 14.7. The van der Waals surface area contributed by atoms with Gasteiger partial charge in [-0.3, -0.25) is 0 Å². The number of rotatable bonds is 2. The summed E-state index contributed by atoms with van der Waals surface area (Å²) in [5.41, 5.74) is 0. The van der Waals surface area contributed by atoms with Crippen molar-refractivity contribution in [1.82, 2.24) is 0 Å². The highest BCUT2D eigenvalue weighted by atomic mass is 14.6. The topological polar surface area (TPSA) is 0 Å². The lowest BCUT2D eigenvalue weighted by molar-refractivity contribution is -0.0208. The van der Waals surface area contributed by atoms with Gasteiger partial charge in [-0.2, -0.15) is 0 Å². The maximum Gasteiger partial charge on any atom is -0.0177 e. The quantitative estimate of drug-likeness (QED) is 0.564. The fourth-order valence-electron chi connectivity index (χ4n) is 7.73. The van der Waals surface area contributed by atoms with Crippen molar-refractivity contribution in [3.8, 4) is 0 Å². The normalized spacial score (nSPS) is 55.3. The van der Waals surface area contributed by atoms with E-state index in [-0.39, 0.29) is 0 Å². The summed E-state index contributed by atoms with van der Waals surface area (Å²) in [5.74, 6) is 9.86. The second-order valence-electron chi connectivity index (χ2n) is 9.40. The van der Waals surface area contributed by atoms with E-state index in [0.717, 1.165) is 59.2 Å². The van der Waals surface area contributed by atoms with Gasteiger partial charge in [-0.15, -0.1) is 6.58 Å². The van der Waals surface area contributed by atoms with E-state index in [0.29, 0.717) is 0 Å². The van der Waals surface area contributed by atoms with Crippen molar-refractivity contribution in [2.45, 2.75) is 59.3 Å². The summed E-state index contributed by atoms with van der Waals surface area (Å²) >= 11 is 0. The molecule has 4 saturated carbocycles. The van der Waals surface area contributed by atoms with Gasteiger partial charge < -0.3 is 0 Å². The van der Waals surface area contributed by atoms with Gasteiger partial charge in [0.1, 0.15) is 0 Å². The molecule has 0 amide bonds. The molecule has 0 spiro atoms. The van der Waals surface area contributed by atoms with Crippen LogP contribution < -0.4 is 0 Å². The highest BCUT2D eigenvalue weighted by Gasteiger charge is 2.54. The molecule has 0 heterocycles. The van der Waals surface area contributed by atoms with Gasteiger partial charge in [0.05, 0.1) is 0 Å². The van der Waals surface area contributed by atoms with Crippen LogP contribution in [0.1, 0.15) is 59.3 Å². The van der Waals surface area contributed by atoms with Crippen molar-refractivity contribution in [2.75, 3.05) is 0 Å². The molecule has 21 heavy (non-hydrogen) atoms. The van der Waals surface area contributed by atoms with Crippen molar-refractivity contribution in [3.63, 3.8) is 0 Å². The van der Waals surface area contributed by atoms with Gasteiger partial charge in [0.25, 0.3) is 0 Å². The van der Waals surface area contributed by atoms with Crippen LogP contribution >= 0.6 is 0 Å².